The lowest BCUT2D eigenvalue weighted by atomic mass is 9.86. The Morgan fingerprint density at radius 3 is 2.53 bits per heavy atom. The molecule has 84 valence electrons. The molecule has 0 aromatic carbocycles. The van der Waals surface area contributed by atoms with Crippen molar-refractivity contribution in [3.63, 3.8) is 0 Å². The summed E-state index contributed by atoms with van der Waals surface area (Å²) in [5.41, 5.74) is 6.44. The van der Waals surface area contributed by atoms with Crippen LogP contribution >= 0.6 is 0 Å². The highest BCUT2D eigenvalue weighted by Crippen LogP contribution is 2.42. The molecule has 0 amide bonds. The molecule has 1 unspecified atom stereocenters. The van der Waals surface area contributed by atoms with Gasteiger partial charge in [-0.3, -0.25) is 0 Å². The summed E-state index contributed by atoms with van der Waals surface area (Å²) in [7, 11) is 4.24. The van der Waals surface area contributed by atoms with Crippen molar-refractivity contribution >= 4 is 0 Å². The van der Waals surface area contributed by atoms with Crippen LogP contribution in [0.1, 0.15) is 37.5 Å². The molecule has 0 saturated heterocycles. The lowest BCUT2D eigenvalue weighted by molar-refractivity contribution is 0.113. The van der Waals surface area contributed by atoms with Crippen LogP contribution in [0.2, 0.25) is 0 Å². The quantitative estimate of drug-likeness (QED) is 0.827. The van der Waals surface area contributed by atoms with Crippen molar-refractivity contribution in [2.24, 2.45) is 5.73 Å². The third-order valence-corrected chi connectivity index (χ3v) is 3.79. The lowest BCUT2D eigenvalue weighted by Crippen LogP contribution is -2.50. The van der Waals surface area contributed by atoms with E-state index in [0.717, 1.165) is 5.76 Å². The third-order valence-electron chi connectivity index (χ3n) is 3.79. The average molecular weight is 208 g/mol. The van der Waals surface area contributed by atoms with E-state index in [0.29, 0.717) is 0 Å². The minimum atomic E-state index is -0.00926. The van der Waals surface area contributed by atoms with E-state index in [1.807, 2.05) is 12.1 Å². The van der Waals surface area contributed by atoms with Gasteiger partial charge in [-0.2, -0.15) is 0 Å². The van der Waals surface area contributed by atoms with Gasteiger partial charge in [-0.25, -0.2) is 0 Å². The van der Waals surface area contributed by atoms with E-state index in [-0.39, 0.29) is 11.6 Å². The molecule has 3 heteroatoms. The molecule has 0 bridgehead atoms. The van der Waals surface area contributed by atoms with Gasteiger partial charge in [0.05, 0.1) is 12.3 Å². The molecule has 0 aliphatic heterocycles. The fourth-order valence-corrected chi connectivity index (χ4v) is 2.76. The minimum absolute atomic E-state index is 0.00926. The largest absolute Gasteiger partial charge is 0.468 e. The number of furan rings is 1. The molecule has 1 saturated carbocycles. The normalized spacial score (nSPS) is 22.1. The summed E-state index contributed by atoms with van der Waals surface area (Å²) in [6, 6.07) is 3.88. The Hall–Kier alpha value is -0.800. The fourth-order valence-electron chi connectivity index (χ4n) is 2.76. The van der Waals surface area contributed by atoms with E-state index in [1.54, 1.807) is 6.26 Å². The SMILES string of the molecule is CN(C)C1(C(N)c2ccco2)CCCC1. The molecular formula is C12H20N2O. The molecule has 3 nitrogen and oxygen atoms in total. The first kappa shape index (κ1) is 10.7. The van der Waals surface area contributed by atoms with Crippen molar-refractivity contribution in [2.45, 2.75) is 37.3 Å². The zero-order valence-corrected chi connectivity index (χ0v) is 9.57. The van der Waals surface area contributed by atoms with Crippen molar-refractivity contribution in [2.75, 3.05) is 14.1 Å². The maximum absolute atomic E-state index is 6.35. The van der Waals surface area contributed by atoms with Crippen LogP contribution in [0.4, 0.5) is 0 Å². The molecule has 0 spiro atoms. The predicted molar refractivity (Wildman–Crippen MR) is 60.5 cm³/mol. The van der Waals surface area contributed by atoms with Gasteiger partial charge in [0.15, 0.2) is 0 Å². The third kappa shape index (κ3) is 1.70. The van der Waals surface area contributed by atoms with Crippen LogP contribution in [-0.4, -0.2) is 24.5 Å². The number of hydrogen-bond acceptors (Lipinski definition) is 3. The fraction of sp³-hybridized carbons (Fsp3) is 0.667. The summed E-state index contributed by atoms with van der Waals surface area (Å²) in [5, 5.41) is 0. The van der Waals surface area contributed by atoms with Gasteiger partial charge in [0.25, 0.3) is 0 Å². The summed E-state index contributed by atoms with van der Waals surface area (Å²) in [6.07, 6.45) is 6.58. The Morgan fingerprint density at radius 1 is 1.40 bits per heavy atom. The van der Waals surface area contributed by atoms with E-state index in [2.05, 4.69) is 19.0 Å². The monoisotopic (exact) mass is 208 g/mol. The Balaban J connectivity index is 2.25. The smallest absolute Gasteiger partial charge is 0.122 e. The summed E-state index contributed by atoms with van der Waals surface area (Å²) in [4.78, 5) is 2.27. The number of hydrogen-bond donors (Lipinski definition) is 1. The minimum Gasteiger partial charge on any atom is -0.468 e. The van der Waals surface area contributed by atoms with E-state index < -0.39 is 0 Å². The zero-order valence-electron chi connectivity index (χ0n) is 9.57. The Bertz CT molecular complexity index is 299. The second-order valence-corrected chi connectivity index (χ2v) is 4.70. The molecule has 1 fully saturated rings. The first-order chi connectivity index (χ1) is 7.17. The highest BCUT2D eigenvalue weighted by molar-refractivity contribution is 5.13. The highest BCUT2D eigenvalue weighted by atomic mass is 16.3. The van der Waals surface area contributed by atoms with Crippen LogP contribution in [-0.2, 0) is 0 Å². The molecule has 1 heterocycles. The van der Waals surface area contributed by atoms with Gasteiger partial charge in [-0.05, 0) is 39.1 Å². The topological polar surface area (TPSA) is 42.4 Å². The number of rotatable bonds is 3. The van der Waals surface area contributed by atoms with Crippen molar-refractivity contribution in [3.05, 3.63) is 24.2 Å². The molecule has 1 aliphatic rings. The number of nitrogens with zero attached hydrogens (tertiary/aromatic N) is 1. The van der Waals surface area contributed by atoms with Gasteiger partial charge < -0.3 is 15.1 Å². The summed E-state index contributed by atoms with van der Waals surface area (Å²) in [6.45, 7) is 0. The molecule has 15 heavy (non-hydrogen) atoms. The Morgan fingerprint density at radius 2 is 2.07 bits per heavy atom. The van der Waals surface area contributed by atoms with E-state index in [1.165, 1.54) is 25.7 Å². The van der Waals surface area contributed by atoms with Crippen LogP contribution in [0.25, 0.3) is 0 Å². The first-order valence-corrected chi connectivity index (χ1v) is 5.63. The zero-order chi connectivity index (χ0) is 10.9. The van der Waals surface area contributed by atoms with Crippen molar-refractivity contribution in [1.82, 2.24) is 4.90 Å². The molecule has 1 aromatic rings. The molecule has 1 aromatic heterocycles. The van der Waals surface area contributed by atoms with Crippen LogP contribution in [0.15, 0.2) is 22.8 Å². The standard InChI is InChI=1S/C12H20N2O/c1-14(2)12(7-3-4-8-12)11(13)10-6-5-9-15-10/h5-6,9,11H,3-4,7-8,13H2,1-2H3. The van der Waals surface area contributed by atoms with Crippen LogP contribution in [0.5, 0.6) is 0 Å². The van der Waals surface area contributed by atoms with Crippen molar-refractivity contribution in [1.29, 1.82) is 0 Å². The molecule has 1 aliphatic carbocycles. The van der Waals surface area contributed by atoms with E-state index in [4.69, 9.17) is 10.2 Å². The maximum Gasteiger partial charge on any atom is 0.122 e. The van der Waals surface area contributed by atoms with Gasteiger partial charge >= 0.3 is 0 Å². The van der Waals surface area contributed by atoms with Gasteiger partial charge in [0.1, 0.15) is 5.76 Å². The Labute approximate surface area is 91.2 Å². The summed E-state index contributed by atoms with van der Waals surface area (Å²) >= 11 is 0. The van der Waals surface area contributed by atoms with Gasteiger partial charge in [-0.1, -0.05) is 12.8 Å². The highest BCUT2D eigenvalue weighted by Gasteiger charge is 2.43. The predicted octanol–water partition coefficient (Wildman–Crippen LogP) is 2.15. The molecular weight excluding hydrogens is 188 g/mol. The molecule has 0 radical (unpaired) electrons. The second kappa shape index (κ2) is 3.99. The molecule has 2 rings (SSSR count). The van der Waals surface area contributed by atoms with Crippen LogP contribution in [0, 0.1) is 0 Å². The molecule has 2 N–H and O–H groups in total. The van der Waals surface area contributed by atoms with Gasteiger partial charge in [-0.15, -0.1) is 0 Å². The lowest BCUT2D eigenvalue weighted by Gasteiger charge is -2.40. The average Bonchev–Trinajstić information content (AvgIpc) is 2.89. The Kier molecular flexibility index (Phi) is 2.85. The van der Waals surface area contributed by atoms with Crippen LogP contribution < -0.4 is 5.73 Å². The number of nitrogens with two attached hydrogens (primary N) is 1. The maximum atomic E-state index is 6.35. The first-order valence-electron chi connectivity index (χ1n) is 5.63. The number of likely N-dealkylation sites (N-methyl/N-ethyl adjacent to an activating group) is 1. The van der Waals surface area contributed by atoms with Crippen LogP contribution in [0.3, 0.4) is 0 Å². The summed E-state index contributed by atoms with van der Waals surface area (Å²) in [5.74, 6) is 0.908. The van der Waals surface area contributed by atoms with E-state index >= 15 is 0 Å². The summed E-state index contributed by atoms with van der Waals surface area (Å²) < 4.78 is 5.43. The second-order valence-electron chi connectivity index (χ2n) is 4.70. The van der Waals surface area contributed by atoms with Gasteiger partial charge in [0.2, 0.25) is 0 Å². The van der Waals surface area contributed by atoms with Crippen molar-refractivity contribution < 1.29 is 4.42 Å². The van der Waals surface area contributed by atoms with Gasteiger partial charge in [0, 0.05) is 5.54 Å². The molecule has 1 atom stereocenters. The van der Waals surface area contributed by atoms with E-state index in [9.17, 15) is 0 Å². The van der Waals surface area contributed by atoms with Crippen molar-refractivity contribution in [3.8, 4) is 0 Å².